The SMILES string of the molecule is CC(N)C1CCCCN1CC1CC2CCC1C2.Cl. The highest BCUT2D eigenvalue weighted by atomic mass is 35.5. The third kappa shape index (κ3) is 2.86. The van der Waals surface area contributed by atoms with Gasteiger partial charge in [0.2, 0.25) is 0 Å². The van der Waals surface area contributed by atoms with E-state index in [4.69, 9.17) is 5.73 Å². The highest BCUT2D eigenvalue weighted by molar-refractivity contribution is 5.85. The Bertz CT molecular complexity index is 269. The molecule has 1 heterocycles. The molecule has 1 saturated heterocycles. The molecular weight excluding hydrogens is 244 g/mol. The first-order valence-electron chi connectivity index (χ1n) is 7.73. The van der Waals surface area contributed by atoms with Crippen molar-refractivity contribution < 1.29 is 0 Å². The van der Waals surface area contributed by atoms with E-state index in [9.17, 15) is 0 Å². The monoisotopic (exact) mass is 272 g/mol. The molecule has 0 aromatic heterocycles. The summed E-state index contributed by atoms with van der Waals surface area (Å²) in [4.78, 5) is 2.74. The van der Waals surface area contributed by atoms with Crippen LogP contribution in [0.2, 0.25) is 0 Å². The molecule has 5 unspecified atom stereocenters. The molecular formula is C15H29ClN2. The van der Waals surface area contributed by atoms with E-state index in [1.54, 1.807) is 6.42 Å². The summed E-state index contributed by atoms with van der Waals surface area (Å²) in [5.74, 6) is 3.16. The topological polar surface area (TPSA) is 29.3 Å². The maximum Gasteiger partial charge on any atom is 0.0244 e. The molecule has 1 aliphatic heterocycles. The van der Waals surface area contributed by atoms with Gasteiger partial charge in [-0.1, -0.05) is 12.8 Å². The summed E-state index contributed by atoms with van der Waals surface area (Å²) >= 11 is 0. The zero-order valence-electron chi connectivity index (χ0n) is 11.7. The number of fused-ring (bicyclic) bond motifs is 2. The molecule has 3 fully saturated rings. The van der Waals surface area contributed by atoms with E-state index in [2.05, 4.69) is 11.8 Å². The lowest BCUT2D eigenvalue weighted by Gasteiger charge is -2.40. The van der Waals surface area contributed by atoms with E-state index in [0.29, 0.717) is 12.1 Å². The van der Waals surface area contributed by atoms with Crippen molar-refractivity contribution in [2.45, 2.75) is 64.0 Å². The summed E-state index contributed by atoms with van der Waals surface area (Å²) in [5.41, 5.74) is 6.17. The van der Waals surface area contributed by atoms with Gasteiger partial charge in [0.15, 0.2) is 0 Å². The Kier molecular flexibility index (Phi) is 4.96. The first-order valence-corrected chi connectivity index (χ1v) is 7.73. The van der Waals surface area contributed by atoms with Crippen LogP contribution in [0.15, 0.2) is 0 Å². The molecule has 106 valence electrons. The van der Waals surface area contributed by atoms with E-state index in [1.165, 1.54) is 51.6 Å². The third-order valence-electron chi connectivity index (χ3n) is 5.62. The van der Waals surface area contributed by atoms with E-state index in [-0.39, 0.29) is 12.4 Å². The minimum Gasteiger partial charge on any atom is -0.327 e. The molecule has 3 aliphatic rings. The van der Waals surface area contributed by atoms with E-state index in [0.717, 1.165) is 17.8 Å². The number of rotatable bonds is 3. The van der Waals surface area contributed by atoms with Gasteiger partial charge in [0.05, 0.1) is 0 Å². The smallest absolute Gasteiger partial charge is 0.0244 e. The van der Waals surface area contributed by atoms with Gasteiger partial charge in [-0.2, -0.15) is 0 Å². The number of halogens is 1. The number of nitrogens with two attached hydrogens (primary N) is 1. The fraction of sp³-hybridized carbons (Fsp3) is 1.00. The zero-order chi connectivity index (χ0) is 11.8. The minimum atomic E-state index is 0. The van der Waals surface area contributed by atoms with Crippen LogP contribution in [0.3, 0.4) is 0 Å². The number of hydrogen-bond acceptors (Lipinski definition) is 2. The molecule has 2 saturated carbocycles. The summed E-state index contributed by atoms with van der Waals surface area (Å²) in [6.07, 6.45) is 10.2. The molecule has 2 N–H and O–H groups in total. The first kappa shape index (κ1) is 14.6. The molecule has 18 heavy (non-hydrogen) atoms. The van der Waals surface area contributed by atoms with Gasteiger partial charge >= 0.3 is 0 Å². The average molecular weight is 273 g/mol. The lowest BCUT2D eigenvalue weighted by molar-refractivity contribution is 0.0950. The maximum absolute atomic E-state index is 6.17. The molecule has 2 nitrogen and oxygen atoms in total. The Balaban J connectivity index is 0.00000120. The second-order valence-corrected chi connectivity index (χ2v) is 6.85. The molecule has 0 aromatic rings. The van der Waals surface area contributed by atoms with Crippen LogP contribution in [0, 0.1) is 17.8 Å². The van der Waals surface area contributed by atoms with E-state index in [1.807, 2.05) is 0 Å². The van der Waals surface area contributed by atoms with Crippen LogP contribution in [0.5, 0.6) is 0 Å². The number of piperidine rings is 1. The minimum absolute atomic E-state index is 0. The summed E-state index contributed by atoms with van der Waals surface area (Å²) in [5, 5.41) is 0. The highest BCUT2D eigenvalue weighted by Gasteiger charge is 2.41. The molecule has 0 radical (unpaired) electrons. The van der Waals surface area contributed by atoms with Crippen molar-refractivity contribution >= 4 is 12.4 Å². The molecule has 3 heteroatoms. The van der Waals surface area contributed by atoms with E-state index >= 15 is 0 Å². The predicted octanol–water partition coefficient (Wildman–Crippen LogP) is 3.05. The predicted molar refractivity (Wildman–Crippen MR) is 79.0 cm³/mol. The van der Waals surface area contributed by atoms with Gasteiger partial charge < -0.3 is 5.73 Å². The van der Waals surface area contributed by atoms with Gasteiger partial charge in [-0.15, -0.1) is 12.4 Å². The third-order valence-corrected chi connectivity index (χ3v) is 5.62. The lowest BCUT2D eigenvalue weighted by atomic mass is 9.86. The highest BCUT2D eigenvalue weighted by Crippen LogP contribution is 2.48. The van der Waals surface area contributed by atoms with Crippen LogP contribution in [0.1, 0.15) is 51.9 Å². The Morgan fingerprint density at radius 3 is 2.61 bits per heavy atom. The summed E-state index contributed by atoms with van der Waals surface area (Å²) < 4.78 is 0. The van der Waals surface area contributed by atoms with Crippen molar-refractivity contribution in [1.82, 2.24) is 4.90 Å². The molecule has 2 aliphatic carbocycles. The van der Waals surface area contributed by atoms with Crippen molar-refractivity contribution in [3.63, 3.8) is 0 Å². The second-order valence-electron chi connectivity index (χ2n) is 6.85. The lowest BCUT2D eigenvalue weighted by Crippen LogP contribution is -2.51. The first-order chi connectivity index (χ1) is 8.24. The number of likely N-dealkylation sites (tertiary alicyclic amines) is 1. The standard InChI is InChI=1S/C15H28N2.ClH/c1-11(16)15-4-2-3-7-17(15)10-14-9-12-5-6-13(14)8-12;/h11-15H,2-10,16H2,1H3;1H. The largest absolute Gasteiger partial charge is 0.327 e. The Morgan fingerprint density at radius 1 is 1.17 bits per heavy atom. The van der Waals surface area contributed by atoms with Crippen LogP contribution in [0.4, 0.5) is 0 Å². The fourth-order valence-corrected chi connectivity index (χ4v) is 4.74. The van der Waals surface area contributed by atoms with Crippen LogP contribution < -0.4 is 5.73 Å². The Labute approximate surface area is 118 Å². The maximum atomic E-state index is 6.17. The van der Waals surface area contributed by atoms with Gasteiger partial charge in [-0.05, 0) is 63.3 Å². The van der Waals surface area contributed by atoms with Gasteiger partial charge in [-0.3, -0.25) is 4.90 Å². The van der Waals surface area contributed by atoms with Crippen LogP contribution >= 0.6 is 12.4 Å². The van der Waals surface area contributed by atoms with Crippen molar-refractivity contribution in [3.05, 3.63) is 0 Å². The Morgan fingerprint density at radius 2 is 2.00 bits per heavy atom. The summed E-state index contributed by atoms with van der Waals surface area (Å²) in [6, 6.07) is 1.02. The average Bonchev–Trinajstić information content (AvgIpc) is 2.91. The quantitative estimate of drug-likeness (QED) is 0.856. The van der Waals surface area contributed by atoms with Gasteiger partial charge in [0.25, 0.3) is 0 Å². The number of nitrogens with zero attached hydrogens (tertiary/aromatic N) is 1. The molecule has 0 amide bonds. The summed E-state index contributed by atoms with van der Waals surface area (Å²) in [7, 11) is 0. The van der Waals surface area contributed by atoms with Gasteiger partial charge in [0, 0.05) is 18.6 Å². The van der Waals surface area contributed by atoms with Gasteiger partial charge in [0.1, 0.15) is 0 Å². The van der Waals surface area contributed by atoms with Crippen molar-refractivity contribution in [2.24, 2.45) is 23.5 Å². The van der Waals surface area contributed by atoms with Crippen molar-refractivity contribution in [2.75, 3.05) is 13.1 Å². The fourth-order valence-electron chi connectivity index (χ4n) is 4.74. The second kappa shape index (κ2) is 6.11. The van der Waals surface area contributed by atoms with Crippen LogP contribution in [-0.4, -0.2) is 30.1 Å². The van der Waals surface area contributed by atoms with Crippen LogP contribution in [0.25, 0.3) is 0 Å². The molecule has 0 aromatic carbocycles. The van der Waals surface area contributed by atoms with E-state index < -0.39 is 0 Å². The summed E-state index contributed by atoms with van der Waals surface area (Å²) in [6.45, 7) is 4.86. The Hall–Kier alpha value is 0.210. The van der Waals surface area contributed by atoms with Crippen LogP contribution in [-0.2, 0) is 0 Å². The molecule has 3 rings (SSSR count). The normalized spacial score (nSPS) is 41.7. The van der Waals surface area contributed by atoms with Crippen molar-refractivity contribution in [3.8, 4) is 0 Å². The number of hydrogen-bond donors (Lipinski definition) is 1. The zero-order valence-corrected chi connectivity index (χ0v) is 12.5. The van der Waals surface area contributed by atoms with Gasteiger partial charge in [-0.25, -0.2) is 0 Å². The molecule has 2 bridgehead atoms. The molecule has 0 spiro atoms. The van der Waals surface area contributed by atoms with Crippen molar-refractivity contribution in [1.29, 1.82) is 0 Å². The molecule has 5 atom stereocenters.